The summed E-state index contributed by atoms with van der Waals surface area (Å²) in [6.45, 7) is -1.39. The Morgan fingerprint density at radius 2 is 1.94 bits per heavy atom. The van der Waals surface area contributed by atoms with Crippen LogP contribution in [0.25, 0.3) is 0 Å². The van der Waals surface area contributed by atoms with E-state index in [9.17, 15) is 23.1 Å². The zero-order valence-corrected chi connectivity index (χ0v) is 9.42. The third kappa shape index (κ3) is 5.53. The zero-order valence-electron chi connectivity index (χ0n) is 9.42. The van der Waals surface area contributed by atoms with Gasteiger partial charge in [-0.3, -0.25) is 4.79 Å². The van der Waals surface area contributed by atoms with Crippen molar-refractivity contribution in [2.45, 2.75) is 12.7 Å². The molecule has 3 N–H and O–H groups in total. The average molecular weight is 262 g/mol. The topological polar surface area (TPSA) is 61.4 Å². The highest BCUT2D eigenvalue weighted by Gasteiger charge is 2.27. The van der Waals surface area contributed by atoms with Gasteiger partial charge in [0.05, 0.1) is 6.54 Å². The molecule has 0 fully saturated rings. The third-order valence-electron chi connectivity index (χ3n) is 2.08. The lowest BCUT2D eigenvalue weighted by Crippen LogP contribution is -2.39. The maximum atomic E-state index is 11.8. The van der Waals surface area contributed by atoms with Crippen molar-refractivity contribution >= 4 is 5.91 Å². The number of para-hydroxylation sites is 1. The number of rotatable bonds is 5. The van der Waals surface area contributed by atoms with Gasteiger partial charge in [-0.2, -0.15) is 13.2 Å². The SMILES string of the molecule is O=C(CNCc1ccccc1O)NCC(F)(F)F. The molecule has 18 heavy (non-hydrogen) atoms. The number of carbonyl (C=O) groups is 1. The standard InChI is InChI=1S/C11H13F3N2O2/c12-11(13,14)7-16-10(18)6-15-5-8-3-1-2-4-9(8)17/h1-4,15,17H,5-7H2,(H,16,18). The Labute approximate surface area is 102 Å². The highest BCUT2D eigenvalue weighted by molar-refractivity contribution is 5.78. The van der Waals surface area contributed by atoms with E-state index < -0.39 is 18.6 Å². The van der Waals surface area contributed by atoms with Gasteiger partial charge >= 0.3 is 6.18 Å². The molecule has 0 aliphatic rings. The van der Waals surface area contributed by atoms with Crippen molar-refractivity contribution in [2.75, 3.05) is 13.1 Å². The molecule has 7 heteroatoms. The quantitative estimate of drug-likeness (QED) is 0.746. The van der Waals surface area contributed by atoms with Crippen LogP contribution in [0, 0.1) is 0 Å². The van der Waals surface area contributed by atoms with E-state index in [1.54, 1.807) is 23.5 Å². The summed E-state index contributed by atoms with van der Waals surface area (Å²) in [5.74, 6) is -0.677. The molecule has 1 rings (SSSR count). The number of nitrogens with one attached hydrogen (secondary N) is 2. The number of amides is 1. The van der Waals surface area contributed by atoms with Crippen LogP contribution in [0.3, 0.4) is 0 Å². The molecule has 0 aliphatic heterocycles. The molecule has 0 unspecified atom stereocenters. The Morgan fingerprint density at radius 3 is 2.56 bits per heavy atom. The van der Waals surface area contributed by atoms with Gasteiger partial charge in [0, 0.05) is 12.1 Å². The lowest BCUT2D eigenvalue weighted by Gasteiger charge is -2.09. The van der Waals surface area contributed by atoms with Gasteiger partial charge in [0.15, 0.2) is 0 Å². The van der Waals surface area contributed by atoms with Gasteiger partial charge in [-0.15, -0.1) is 0 Å². The van der Waals surface area contributed by atoms with Crippen molar-refractivity contribution in [1.82, 2.24) is 10.6 Å². The second-order valence-electron chi connectivity index (χ2n) is 3.62. The zero-order chi connectivity index (χ0) is 13.6. The first-order valence-corrected chi connectivity index (χ1v) is 5.19. The van der Waals surface area contributed by atoms with E-state index in [2.05, 4.69) is 5.32 Å². The second-order valence-corrected chi connectivity index (χ2v) is 3.62. The van der Waals surface area contributed by atoms with E-state index in [0.29, 0.717) is 5.56 Å². The average Bonchev–Trinajstić information content (AvgIpc) is 2.28. The third-order valence-corrected chi connectivity index (χ3v) is 2.08. The Bertz CT molecular complexity index is 408. The van der Waals surface area contributed by atoms with Gasteiger partial charge in [-0.1, -0.05) is 18.2 Å². The monoisotopic (exact) mass is 262 g/mol. The minimum atomic E-state index is -4.41. The van der Waals surface area contributed by atoms with Crippen LogP contribution in [0.1, 0.15) is 5.56 Å². The van der Waals surface area contributed by atoms with Crippen LogP contribution in [-0.2, 0) is 11.3 Å². The minimum absolute atomic E-state index is 0.0701. The van der Waals surface area contributed by atoms with Crippen LogP contribution < -0.4 is 10.6 Å². The minimum Gasteiger partial charge on any atom is -0.508 e. The van der Waals surface area contributed by atoms with Crippen molar-refractivity contribution in [3.8, 4) is 5.75 Å². The van der Waals surface area contributed by atoms with E-state index in [-0.39, 0.29) is 18.8 Å². The fraction of sp³-hybridized carbons (Fsp3) is 0.364. The molecule has 0 bridgehead atoms. The number of phenolic OH excluding ortho intramolecular Hbond substituents is 1. The molecular weight excluding hydrogens is 249 g/mol. The summed E-state index contributed by atoms with van der Waals surface area (Å²) in [6.07, 6.45) is -4.41. The van der Waals surface area contributed by atoms with Crippen LogP contribution in [0.5, 0.6) is 5.75 Å². The molecular formula is C11H13F3N2O2. The summed E-state index contributed by atoms with van der Waals surface area (Å²) in [7, 11) is 0. The summed E-state index contributed by atoms with van der Waals surface area (Å²) >= 11 is 0. The van der Waals surface area contributed by atoms with Crippen LogP contribution in [0.15, 0.2) is 24.3 Å². The van der Waals surface area contributed by atoms with Gasteiger partial charge in [-0.05, 0) is 6.07 Å². The van der Waals surface area contributed by atoms with E-state index in [1.807, 2.05) is 0 Å². The van der Waals surface area contributed by atoms with E-state index in [1.165, 1.54) is 6.07 Å². The van der Waals surface area contributed by atoms with Gasteiger partial charge in [0.2, 0.25) is 5.91 Å². The maximum Gasteiger partial charge on any atom is 0.405 e. The molecule has 0 heterocycles. The fourth-order valence-corrected chi connectivity index (χ4v) is 1.23. The molecule has 1 aromatic carbocycles. The summed E-state index contributed by atoms with van der Waals surface area (Å²) in [4.78, 5) is 11.0. The molecule has 0 atom stereocenters. The molecule has 0 aliphatic carbocycles. The molecule has 0 saturated carbocycles. The molecule has 0 spiro atoms. The molecule has 1 aromatic rings. The second kappa shape index (κ2) is 6.25. The summed E-state index contributed by atoms with van der Waals surface area (Å²) in [5, 5.41) is 13.8. The molecule has 0 aromatic heterocycles. The smallest absolute Gasteiger partial charge is 0.405 e. The maximum absolute atomic E-state index is 11.8. The van der Waals surface area contributed by atoms with Gasteiger partial charge in [0.25, 0.3) is 0 Å². The highest BCUT2D eigenvalue weighted by Crippen LogP contribution is 2.14. The number of halogens is 3. The summed E-state index contributed by atoms with van der Waals surface area (Å²) in [6, 6.07) is 6.49. The molecule has 0 radical (unpaired) electrons. The van der Waals surface area contributed by atoms with Crippen molar-refractivity contribution in [3.63, 3.8) is 0 Å². The Morgan fingerprint density at radius 1 is 1.28 bits per heavy atom. The highest BCUT2D eigenvalue weighted by atomic mass is 19.4. The van der Waals surface area contributed by atoms with Crippen molar-refractivity contribution < 1.29 is 23.1 Å². The van der Waals surface area contributed by atoms with Crippen molar-refractivity contribution in [1.29, 1.82) is 0 Å². The predicted octanol–water partition coefficient (Wildman–Crippen LogP) is 1.16. The number of hydrogen-bond donors (Lipinski definition) is 3. The Hall–Kier alpha value is -1.76. The largest absolute Gasteiger partial charge is 0.508 e. The summed E-state index contributed by atoms with van der Waals surface area (Å²) in [5.41, 5.74) is 0.570. The molecule has 0 saturated heterocycles. The number of phenols is 1. The lowest BCUT2D eigenvalue weighted by molar-refractivity contribution is -0.137. The van der Waals surface area contributed by atoms with Gasteiger partial charge < -0.3 is 15.7 Å². The van der Waals surface area contributed by atoms with Crippen LogP contribution in [-0.4, -0.2) is 30.3 Å². The first-order valence-electron chi connectivity index (χ1n) is 5.19. The van der Waals surface area contributed by atoms with E-state index >= 15 is 0 Å². The van der Waals surface area contributed by atoms with Gasteiger partial charge in [0.1, 0.15) is 12.3 Å². The van der Waals surface area contributed by atoms with Crippen LogP contribution >= 0.6 is 0 Å². The van der Waals surface area contributed by atoms with Crippen molar-refractivity contribution in [3.05, 3.63) is 29.8 Å². The predicted molar refractivity (Wildman–Crippen MR) is 58.9 cm³/mol. The number of hydrogen-bond acceptors (Lipinski definition) is 3. The normalized spacial score (nSPS) is 11.3. The van der Waals surface area contributed by atoms with Gasteiger partial charge in [-0.25, -0.2) is 0 Å². The lowest BCUT2D eigenvalue weighted by atomic mass is 10.2. The number of alkyl halides is 3. The molecule has 100 valence electrons. The van der Waals surface area contributed by atoms with Crippen molar-refractivity contribution in [2.24, 2.45) is 0 Å². The number of benzene rings is 1. The molecule has 4 nitrogen and oxygen atoms in total. The first-order chi connectivity index (χ1) is 8.38. The first kappa shape index (κ1) is 14.3. The Kier molecular flexibility index (Phi) is 4.96. The number of carbonyl (C=O) groups excluding carboxylic acids is 1. The van der Waals surface area contributed by atoms with E-state index in [4.69, 9.17) is 0 Å². The van der Waals surface area contributed by atoms with Crippen LogP contribution in [0.2, 0.25) is 0 Å². The molecule has 1 amide bonds. The Balaban J connectivity index is 2.26. The number of aromatic hydroxyl groups is 1. The summed E-state index contributed by atoms with van der Waals surface area (Å²) < 4.78 is 35.4. The fourth-order valence-electron chi connectivity index (χ4n) is 1.23. The van der Waals surface area contributed by atoms with E-state index in [0.717, 1.165) is 0 Å². The van der Waals surface area contributed by atoms with Crippen LogP contribution in [0.4, 0.5) is 13.2 Å².